The van der Waals surface area contributed by atoms with Crippen LogP contribution < -0.4 is 0 Å². The van der Waals surface area contributed by atoms with E-state index in [1.807, 2.05) is 18.7 Å². The van der Waals surface area contributed by atoms with E-state index in [2.05, 4.69) is 0 Å². The van der Waals surface area contributed by atoms with Crippen LogP contribution in [0.1, 0.15) is 29.8 Å². The summed E-state index contributed by atoms with van der Waals surface area (Å²) >= 11 is 0. The number of benzene rings is 1. The van der Waals surface area contributed by atoms with Crippen molar-refractivity contribution in [1.82, 2.24) is 4.90 Å². The number of amides is 1. The van der Waals surface area contributed by atoms with Crippen molar-refractivity contribution in [3.8, 4) is 0 Å². The summed E-state index contributed by atoms with van der Waals surface area (Å²) in [5.41, 5.74) is 1.06. The maximum Gasteiger partial charge on any atom is 0.335 e. The zero-order chi connectivity index (χ0) is 14.7. The Kier molecular flexibility index (Phi) is 4.39. The zero-order valence-corrected chi connectivity index (χ0v) is 11.7. The number of aromatic carboxylic acids is 1. The van der Waals surface area contributed by atoms with Crippen molar-refractivity contribution >= 4 is 11.9 Å². The van der Waals surface area contributed by atoms with Crippen LogP contribution >= 0.6 is 0 Å². The third kappa shape index (κ3) is 3.17. The van der Waals surface area contributed by atoms with Gasteiger partial charge in [-0.1, -0.05) is 12.1 Å². The van der Waals surface area contributed by atoms with Crippen LogP contribution in [0.2, 0.25) is 0 Å². The minimum absolute atomic E-state index is 0.0436. The fourth-order valence-corrected chi connectivity index (χ4v) is 2.33. The van der Waals surface area contributed by atoms with E-state index in [9.17, 15) is 9.59 Å². The molecule has 5 heteroatoms. The van der Waals surface area contributed by atoms with E-state index in [0.717, 1.165) is 5.56 Å². The third-order valence-corrected chi connectivity index (χ3v) is 3.76. The highest BCUT2D eigenvalue weighted by Gasteiger charge is 2.28. The van der Waals surface area contributed by atoms with Gasteiger partial charge in [0.2, 0.25) is 5.91 Å². The molecule has 1 aliphatic rings. The summed E-state index contributed by atoms with van der Waals surface area (Å²) in [6, 6.07) is 6.49. The van der Waals surface area contributed by atoms with E-state index < -0.39 is 5.97 Å². The van der Waals surface area contributed by atoms with Gasteiger partial charge in [-0.3, -0.25) is 4.79 Å². The Bertz CT molecular complexity index is 497. The molecule has 2 atom stereocenters. The van der Waals surface area contributed by atoms with Crippen LogP contribution in [-0.4, -0.2) is 47.2 Å². The van der Waals surface area contributed by atoms with Crippen molar-refractivity contribution in [3.05, 3.63) is 35.4 Å². The van der Waals surface area contributed by atoms with Crippen molar-refractivity contribution in [2.45, 2.75) is 32.4 Å². The molecule has 1 saturated heterocycles. The first-order valence-corrected chi connectivity index (χ1v) is 6.72. The predicted octanol–water partition coefficient (Wildman–Crippen LogP) is 1.56. The molecule has 5 nitrogen and oxygen atoms in total. The fourth-order valence-electron chi connectivity index (χ4n) is 2.33. The second-order valence-corrected chi connectivity index (χ2v) is 5.08. The number of carboxylic acids is 1. The quantitative estimate of drug-likeness (QED) is 0.910. The average Bonchev–Trinajstić information content (AvgIpc) is 2.42. The highest BCUT2D eigenvalue weighted by atomic mass is 16.5. The van der Waals surface area contributed by atoms with Gasteiger partial charge in [0, 0.05) is 6.54 Å². The molecule has 1 N–H and O–H groups in total. The first-order valence-electron chi connectivity index (χ1n) is 6.72. The van der Waals surface area contributed by atoms with Gasteiger partial charge in [0.15, 0.2) is 0 Å². The number of hydrogen-bond acceptors (Lipinski definition) is 3. The number of ether oxygens (including phenoxy) is 1. The van der Waals surface area contributed by atoms with Gasteiger partial charge in [-0.25, -0.2) is 4.79 Å². The summed E-state index contributed by atoms with van der Waals surface area (Å²) in [6.45, 7) is 5.12. The van der Waals surface area contributed by atoms with E-state index in [4.69, 9.17) is 9.84 Å². The van der Waals surface area contributed by atoms with E-state index in [0.29, 0.717) is 13.2 Å². The monoisotopic (exact) mass is 277 g/mol. The maximum absolute atomic E-state index is 12.3. The van der Waals surface area contributed by atoms with E-state index >= 15 is 0 Å². The average molecular weight is 277 g/mol. The Morgan fingerprint density at radius 1 is 1.30 bits per heavy atom. The molecule has 1 aromatic rings. The van der Waals surface area contributed by atoms with E-state index in [-0.39, 0.29) is 30.0 Å². The smallest absolute Gasteiger partial charge is 0.335 e. The van der Waals surface area contributed by atoms with Crippen LogP contribution in [0.4, 0.5) is 0 Å². The topological polar surface area (TPSA) is 66.8 Å². The number of carbonyl (C=O) groups is 2. The second-order valence-electron chi connectivity index (χ2n) is 5.08. The van der Waals surface area contributed by atoms with Gasteiger partial charge in [0.05, 0.1) is 30.7 Å². The van der Waals surface area contributed by atoms with Gasteiger partial charge in [-0.15, -0.1) is 0 Å². The van der Waals surface area contributed by atoms with Gasteiger partial charge in [0.1, 0.15) is 0 Å². The minimum Gasteiger partial charge on any atom is -0.478 e. The van der Waals surface area contributed by atoms with Gasteiger partial charge < -0.3 is 14.7 Å². The van der Waals surface area contributed by atoms with Gasteiger partial charge in [-0.2, -0.15) is 0 Å². The molecule has 2 rings (SSSR count). The standard InChI is InChI=1S/C15H19NO4/c1-10-11(2)20-8-7-16(10)14(17)9-12-3-5-13(6-4-12)15(18)19/h3-6,10-11H,7-9H2,1-2H3,(H,18,19). The Balaban J connectivity index is 2.02. The molecule has 1 heterocycles. The molecule has 0 aromatic heterocycles. The van der Waals surface area contributed by atoms with Crippen molar-refractivity contribution in [1.29, 1.82) is 0 Å². The van der Waals surface area contributed by atoms with Crippen LogP contribution in [0, 0.1) is 0 Å². The van der Waals surface area contributed by atoms with Gasteiger partial charge in [-0.05, 0) is 31.5 Å². The van der Waals surface area contributed by atoms with Gasteiger partial charge >= 0.3 is 5.97 Å². The summed E-state index contributed by atoms with van der Waals surface area (Å²) < 4.78 is 5.50. The van der Waals surface area contributed by atoms with Crippen LogP contribution in [0.15, 0.2) is 24.3 Å². The molecule has 1 aromatic carbocycles. The highest BCUT2D eigenvalue weighted by molar-refractivity contribution is 5.87. The molecule has 0 aliphatic carbocycles. The number of carbonyl (C=O) groups excluding carboxylic acids is 1. The third-order valence-electron chi connectivity index (χ3n) is 3.76. The number of nitrogens with zero attached hydrogens (tertiary/aromatic N) is 1. The fraction of sp³-hybridized carbons (Fsp3) is 0.467. The number of hydrogen-bond donors (Lipinski definition) is 1. The first-order chi connectivity index (χ1) is 9.49. The van der Waals surface area contributed by atoms with Crippen LogP contribution in [-0.2, 0) is 16.0 Å². The maximum atomic E-state index is 12.3. The van der Waals surface area contributed by atoms with Gasteiger partial charge in [0.25, 0.3) is 0 Å². The lowest BCUT2D eigenvalue weighted by atomic mass is 10.1. The number of morpholine rings is 1. The number of rotatable bonds is 3. The first kappa shape index (κ1) is 14.5. The molecule has 2 unspecified atom stereocenters. The Hall–Kier alpha value is -1.88. The summed E-state index contributed by atoms with van der Waals surface area (Å²) in [4.78, 5) is 24.9. The van der Waals surface area contributed by atoms with Crippen LogP contribution in [0.3, 0.4) is 0 Å². The second kappa shape index (κ2) is 6.05. The van der Waals surface area contributed by atoms with E-state index in [1.54, 1.807) is 12.1 Å². The number of carboxylic acid groups (broad SMARTS) is 1. The molecule has 0 saturated carbocycles. The highest BCUT2D eigenvalue weighted by Crippen LogP contribution is 2.15. The van der Waals surface area contributed by atoms with Crippen LogP contribution in [0.25, 0.3) is 0 Å². The van der Waals surface area contributed by atoms with Crippen molar-refractivity contribution in [3.63, 3.8) is 0 Å². The summed E-state index contributed by atoms with van der Waals surface area (Å²) in [6.07, 6.45) is 0.332. The predicted molar refractivity (Wildman–Crippen MR) is 73.7 cm³/mol. The largest absolute Gasteiger partial charge is 0.478 e. The Labute approximate surface area is 118 Å². The molecule has 0 radical (unpaired) electrons. The lowest BCUT2D eigenvalue weighted by molar-refractivity contribution is -0.143. The molecular weight excluding hydrogens is 258 g/mol. The lowest BCUT2D eigenvalue weighted by Gasteiger charge is -2.38. The molecule has 0 bridgehead atoms. The molecule has 1 amide bonds. The van der Waals surface area contributed by atoms with Crippen molar-refractivity contribution in [2.24, 2.45) is 0 Å². The molecule has 0 spiro atoms. The molecule has 20 heavy (non-hydrogen) atoms. The van der Waals surface area contributed by atoms with Crippen LogP contribution in [0.5, 0.6) is 0 Å². The lowest BCUT2D eigenvalue weighted by Crippen LogP contribution is -2.51. The normalized spacial score (nSPS) is 22.6. The molecule has 1 fully saturated rings. The SMILES string of the molecule is CC1OCCN(C(=O)Cc2ccc(C(=O)O)cc2)C1C. The molecular formula is C15H19NO4. The molecule has 1 aliphatic heterocycles. The minimum atomic E-state index is -0.960. The molecule has 108 valence electrons. The van der Waals surface area contributed by atoms with Crippen molar-refractivity contribution in [2.75, 3.05) is 13.2 Å². The van der Waals surface area contributed by atoms with E-state index in [1.165, 1.54) is 12.1 Å². The van der Waals surface area contributed by atoms with Crippen molar-refractivity contribution < 1.29 is 19.4 Å². The summed E-state index contributed by atoms with van der Waals surface area (Å²) in [5, 5.41) is 8.84. The summed E-state index contributed by atoms with van der Waals surface area (Å²) in [5.74, 6) is -0.908. The zero-order valence-electron chi connectivity index (χ0n) is 11.7. The Morgan fingerprint density at radius 3 is 2.55 bits per heavy atom. The summed E-state index contributed by atoms with van der Waals surface area (Å²) in [7, 11) is 0. The Morgan fingerprint density at radius 2 is 1.95 bits per heavy atom.